The summed E-state index contributed by atoms with van der Waals surface area (Å²) >= 11 is 0. The summed E-state index contributed by atoms with van der Waals surface area (Å²) in [6, 6.07) is 10.4. The van der Waals surface area contributed by atoms with E-state index >= 15 is 0 Å². The van der Waals surface area contributed by atoms with Crippen LogP contribution in [0.25, 0.3) is 10.9 Å². The number of hydrogen-bond acceptors (Lipinski definition) is 2. The lowest BCUT2D eigenvalue weighted by Crippen LogP contribution is -2.20. The highest BCUT2D eigenvalue weighted by Gasteiger charge is 2.22. The number of nitrogens with zero attached hydrogens (tertiary/aromatic N) is 1. The Labute approximate surface area is 108 Å². The second kappa shape index (κ2) is 4.52. The van der Waals surface area contributed by atoms with Gasteiger partial charge in [-0.1, -0.05) is 26.0 Å². The molecule has 18 heavy (non-hydrogen) atoms. The number of aromatic nitrogens is 1. The van der Waals surface area contributed by atoms with Crippen molar-refractivity contribution < 1.29 is 4.79 Å². The molecule has 0 unspecified atom stereocenters. The summed E-state index contributed by atoms with van der Waals surface area (Å²) in [5.41, 5.74) is 3.11. The van der Waals surface area contributed by atoms with Crippen LogP contribution in [-0.4, -0.2) is 10.8 Å². The molecule has 0 aliphatic carbocycles. The molecule has 0 atom stereocenters. The van der Waals surface area contributed by atoms with Crippen molar-refractivity contribution in [3.05, 3.63) is 41.6 Å². The standard InChI is InChI=1S/C16H19NO/c1-11-5-6-13-9-14(7-8-15(13)17-11)16(3,4)10-12(2)18/h5-9H,10H2,1-4H3. The third kappa shape index (κ3) is 2.58. The van der Waals surface area contributed by atoms with Gasteiger partial charge >= 0.3 is 0 Å². The topological polar surface area (TPSA) is 30.0 Å². The number of pyridine rings is 1. The fourth-order valence-corrected chi connectivity index (χ4v) is 2.37. The molecular formula is C16H19NO. The second-order valence-corrected chi connectivity index (χ2v) is 5.62. The van der Waals surface area contributed by atoms with E-state index in [0.29, 0.717) is 6.42 Å². The average molecular weight is 241 g/mol. The van der Waals surface area contributed by atoms with Gasteiger partial charge in [0.05, 0.1) is 5.52 Å². The zero-order chi connectivity index (χ0) is 13.3. The van der Waals surface area contributed by atoms with E-state index in [0.717, 1.165) is 16.6 Å². The van der Waals surface area contributed by atoms with Gasteiger partial charge in [-0.25, -0.2) is 0 Å². The summed E-state index contributed by atoms with van der Waals surface area (Å²) in [6.07, 6.45) is 0.567. The highest BCUT2D eigenvalue weighted by Crippen LogP contribution is 2.29. The molecule has 0 amide bonds. The molecule has 0 aliphatic rings. The van der Waals surface area contributed by atoms with E-state index in [9.17, 15) is 4.79 Å². The Morgan fingerprint density at radius 1 is 1.22 bits per heavy atom. The molecule has 1 aromatic heterocycles. The molecule has 0 N–H and O–H groups in total. The summed E-state index contributed by atoms with van der Waals surface area (Å²) in [5, 5.41) is 1.13. The Kier molecular flexibility index (Phi) is 3.20. The average Bonchev–Trinajstić information content (AvgIpc) is 2.26. The summed E-state index contributed by atoms with van der Waals surface area (Å²) in [7, 11) is 0. The van der Waals surface area contributed by atoms with E-state index < -0.39 is 0 Å². The summed E-state index contributed by atoms with van der Waals surface area (Å²) in [6.45, 7) is 7.86. The fourth-order valence-electron chi connectivity index (χ4n) is 2.37. The van der Waals surface area contributed by atoms with Crippen LogP contribution in [0.2, 0.25) is 0 Å². The summed E-state index contributed by atoms with van der Waals surface area (Å²) in [4.78, 5) is 15.8. The Balaban J connectivity index is 2.47. The van der Waals surface area contributed by atoms with Gasteiger partial charge in [0.25, 0.3) is 0 Å². The van der Waals surface area contributed by atoms with Crippen molar-refractivity contribution in [2.24, 2.45) is 0 Å². The Morgan fingerprint density at radius 2 is 1.94 bits per heavy atom. The first-order valence-corrected chi connectivity index (χ1v) is 6.26. The van der Waals surface area contributed by atoms with Crippen LogP contribution in [0.3, 0.4) is 0 Å². The SMILES string of the molecule is CC(=O)CC(C)(C)c1ccc2nc(C)ccc2c1. The second-order valence-electron chi connectivity index (χ2n) is 5.62. The monoisotopic (exact) mass is 241 g/mol. The van der Waals surface area contributed by atoms with Crippen LogP contribution >= 0.6 is 0 Å². The number of carbonyl (C=O) groups excluding carboxylic acids is 1. The largest absolute Gasteiger partial charge is 0.300 e. The smallest absolute Gasteiger partial charge is 0.130 e. The minimum atomic E-state index is -0.120. The molecule has 2 nitrogen and oxygen atoms in total. The molecule has 0 fully saturated rings. The zero-order valence-electron chi connectivity index (χ0n) is 11.4. The number of fused-ring (bicyclic) bond motifs is 1. The molecule has 0 saturated carbocycles. The van der Waals surface area contributed by atoms with E-state index in [1.54, 1.807) is 6.92 Å². The maximum absolute atomic E-state index is 11.3. The summed E-state index contributed by atoms with van der Waals surface area (Å²) < 4.78 is 0. The number of hydrogen-bond donors (Lipinski definition) is 0. The molecule has 1 aromatic carbocycles. The maximum atomic E-state index is 11.3. The number of rotatable bonds is 3. The van der Waals surface area contributed by atoms with Crippen molar-refractivity contribution >= 4 is 16.7 Å². The molecule has 94 valence electrons. The van der Waals surface area contributed by atoms with E-state index in [2.05, 4.69) is 37.0 Å². The van der Waals surface area contributed by atoms with Gasteiger partial charge < -0.3 is 0 Å². The van der Waals surface area contributed by atoms with Crippen molar-refractivity contribution in [3.63, 3.8) is 0 Å². The van der Waals surface area contributed by atoms with E-state index in [4.69, 9.17) is 0 Å². The summed E-state index contributed by atoms with van der Waals surface area (Å²) in [5.74, 6) is 0.224. The minimum absolute atomic E-state index is 0.120. The van der Waals surface area contributed by atoms with E-state index in [1.165, 1.54) is 5.56 Å². The third-order valence-corrected chi connectivity index (χ3v) is 3.30. The highest BCUT2D eigenvalue weighted by atomic mass is 16.1. The zero-order valence-corrected chi connectivity index (χ0v) is 11.4. The Hall–Kier alpha value is -1.70. The predicted molar refractivity (Wildman–Crippen MR) is 74.8 cm³/mol. The van der Waals surface area contributed by atoms with Crippen molar-refractivity contribution in [2.45, 2.75) is 39.5 Å². The van der Waals surface area contributed by atoms with Crippen LogP contribution in [0, 0.1) is 6.92 Å². The van der Waals surface area contributed by atoms with Crippen molar-refractivity contribution in [1.29, 1.82) is 0 Å². The highest BCUT2D eigenvalue weighted by molar-refractivity contribution is 5.81. The van der Waals surface area contributed by atoms with Crippen molar-refractivity contribution in [2.75, 3.05) is 0 Å². The van der Waals surface area contributed by atoms with Crippen LogP contribution in [0.4, 0.5) is 0 Å². The van der Waals surface area contributed by atoms with Crippen molar-refractivity contribution in [1.82, 2.24) is 4.98 Å². The predicted octanol–water partition coefficient (Wildman–Crippen LogP) is 3.80. The lowest BCUT2D eigenvalue weighted by Gasteiger charge is -2.24. The molecule has 2 heteroatoms. The number of aryl methyl sites for hydroxylation is 1. The molecule has 0 bridgehead atoms. The van der Waals surface area contributed by atoms with E-state index in [1.807, 2.05) is 19.1 Å². The van der Waals surface area contributed by atoms with Gasteiger partial charge in [-0.2, -0.15) is 0 Å². The Bertz CT molecular complexity index is 599. The molecule has 0 spiro atoms. The first-order chi connectivity index (χ1) is 8.38. The van der Waals surface area contributed by atoms with Crippen LogP contribution < -0.4 is 0 Å². The molecule has 0 aliphatic heterocycles. The quantitative estimate of drug-likeness (QED) is 0.818. The molecule has 2 aromatic rings. The lowest BCUT2D eigenvalue weighted by molar-refractivity contribution is -0.118. The van der Waals surface area contributed by atoms with Crippen molar-refractivity contribution in [3.8, 4) is 0 Å². The van der Waals surface area contributed by atoms with Gasteiger partial charge in [0.15, 0.2) is 0 Å². The third-order valence-electron chi connectivity index (χ3n) is 3.30. The molecule has 1 heterocycles. The van der Waals surface area contributed by atoms with Gasteiger partial charge in [0.2, 0.25) is 0 Å². The first kappa shape index (κ1) is 12.7. The number of Topliss-reactive ketones (excluding diaryl/α,β-unsaturated/α-hetero) is 1. The minimum Gasteiger partial charge on any atom is -0.300 e. The van der Waals surface area contributed by atoms with E-state index in [-0.39, 0.29) is 11.2 Å². The van der Waals surface area contributed by atoms with Crippen LogP contribution in [-0.2, 0) is 10.2 Å². The van der Waals surface area contributed by atoms with Gasteiger partial charge in [-0.15, -0.1) is 0 Å². The molecular weight excluding hydrogens is 222 g/mol. The number of benzene rings is 1. The lowest BCUT2D eigenvalue weighted by atomic mass is 9.80. The van der Waals surface area contributed by atoms with Gasteiger partial charge in [-0.3, -0.25) is 9.78 Å². The number of carbonyl (C=O) groups is 1. The number of ketones is 1. The molecule has 0 radical (unpaired) electrons. The molecule has 0 saturated heterocycles. The van der Waals surface area contributed by atoms with Crippen LogP contribution in [0.5, 0.6) is 0 Å². The first-order valence-electron chi connectivity index (χ1n) is 6.26. The van der Waals surface area contributed by atoms with Gasteiger partial charge in [-0.05, 0) is 43.0 Å². The van der Waals surface area contributed by atoms with Gasteiger partial charge in [0, 0.05) is 17.5 Å². The normalized spacial score (nSPS) is 11.8. The van der Waals surface area contributed by atoms with Crippen LogP contribution in [0.1, 0.15) is 38.4 Å². The maximum Gasteiger partial charge on any atom is 0.130 e. The van der Waals surface area contributed by atoms with Gasteiger partial charge in [0.1, 0.15) is 5.78 Å². The molecule has 2 rings (SSSR count). The Morgan fingerprint density at radius 3 is 2.61 bits per heavy atom. The fraction of sp³-hybridized carbons (Fsp3) is 0.375. The van der Waals surface area contributed by atoms with Crippen LogP contribution in [0.15, 0.2) is 30.3 Å².